The van der Waals surface area contributed by atoms with Crippen LogP contribution in [0.15, 0.2) is 121 Å². The molecule has 0 aliphatic carbocycles. The number of nitrogens with zero attached hydrogens (tertiary/aromatic N) is 2. The van der Waals surface area contributed by atoms with Crippen LogP contribution >= 0.6 is 0 Å². The van der Waals surface area contributed by atoms with Crippen molar-refractivity contribution in [2.24, 2.45) is 0 Å². The van der Waals surface area contributed by atoms with E-state index in [4.69, 9.17) is 4.74 Å². The number of ether oxygens (including phenoxy) is 1. The number of aliphatic hydroxyl groups excluding tert-OH is 1. The lowest BCUT2D eigenvalue weighted by atomic mass is 10.1. The van der Waals surface area contributed by atoms with Crippen LogP contribution in [0.4, 0.5) is 18.9 Å². The maximum absolute atomic E-state index is 13.6. The smallest absolute Gasteiger partial charge is 0.416 e. The van der Waals surface area contributed by atoms with Gasteiger partial charge < -0.3 is 19.7 Å². The summed E-state index contributed by atoms with van der Waals surface area (Å²) in [5.74, 6) is 0.565. The molecule has 49 heavy (non-hydrogen) atoms. The third-order valence-corrected chi connectivity index (χ3v) is 9.49. The van der Waals surface area contributed by atoms with Crippen LogP contribution in [0.1, 0.15) is 28.4 Å². The largest absolute Gasteiger partial charge is 0.492 e. The number of rotatable bonds is 13. The van der Waals surface area contributed by atoms with E-state index in [2.05, 4.69) is 5.32 Å². The zero-order valence-corrected chi connectivity index (χ0v) is 27.6. The summed E-state index contributed by atoms with van der Waals surface area (Å²) in [5, 5.41) is 15.6. The Labute approximate surface area is 283 Å². The van der Waals surface area contributed by atoms with Gasteiger partial charge in [-0.3, -0.25) is 4.31 Å². The summed E-state index contributed by atoms with van der Waals surface area (Å²) in [6.07, 6.45) is -4.20. The Bertz CT molecular complexity index is 2150. The van der Waals surface area contributed by atoms with Gasteiger partial charge in [-0.05, 0) is 53.1 Å². The summed E-state index contributed by atoms with van der Waals surface area (Å²) in [6, 6.07) is 35.1. The maximum atomic E-state index is 13.6. The molecule has 0 bridgehead atoms. The van der Waals surface area contributed by atoms with E-state index in [1.54, 1.807) is 30.3 Å². The monoisotopic (exact) mass is 687 g/mol. The number of benzene rings is 5. The summed E-state index contributed by atoms with van der Waals surface area (Å²) in [7, 11) is -3.58. The first-order chi connectivity index (χ1) is 23.5. The molecule has 0 saturated carbocycles. The van der Waals surface area contributed by atoms with Crippen LogP contribution in [0.5, 0.6) is 5.75 Å². The molecule has 1 atom stereocenters. The van der Waals surface area contributed by atoms with Crippen molar-refractivity contribution in [2.75, 3.05) is 30.3 Å². The van der Waals surface area contributed by atoms with Gasteiger partial charge in [0.1, 0.15) is 12.4 Å². The molecule has 0 amide bonds. The van der Waals surface area contributed by atoms with E-state index in [0.717, 1.165) is 39.7 Å². The van der Waals surface area contributed by atoms with Crippen molar-refractivity contribution in [1.29, 1.82) is 0 Å². The van der Waals surface area contributed by atoms with E-state index in [9.17, 15) is 26.7 Å². The molecule has 6 rings (SSSR count). The molecule has 1 heterocycles. The fourth-order valence-corrected chi connectivity index (χ4v) is 6.79. The first kappa shape index (κ1) is 34.0. The first-order valence-electron chi connectivity index (χ1n) is 15.8. The molecule has 0 radical (unpaired) electrons. The molecule has 0 saturated heterocycles. The highest BCUT2D eigenvalue weighted by Crippen LogP contribution is 2.37. The van der Waals surface area contributed by atoms with Gasteiger partial charge >= 0.3 is 6.18 Å². The van der Waals surface area contributed by atoms with Gasteiger partial charge in [-0.1, -0.05) is 78.9 Å². The minimum atomic E-state index is -4.46. The van der Waals surface area contributed by atoms with Crippen molar-refractivity contribution in [1.82, 2.24) is 9.88 Å². The molecule has 0 aliphatic heterocycles. The highest BCUT2D eigenvalue weighted by atomic mass is 32.2. The lowest BCUT2D eigenvalue weighted by Crippen LogP contribution is -2.29. The van der Waals surface area contributed by atoms with Gasteiger partial charge in [0.05, 0.1) is 41.2 Å². The second-order valence-corrected chi connectivity index (χ2v) is 13.8. The Morgan fingerprint density at radius 3 is 2.14 bits per heavy atom. The predicted octanol–water partition coefficient (Wildman–Crippen LogP) is 7.53. The predicted molar refractivity (Wildman–Crippen MR) is 187 cm³/mol. The van der Waals surface area contributed by atoms with Crippen LogP contribution in [-0.2, 0) is 29.3 Å². The number of anilines is 1. The third kappa shape index (κ3) is 8.07. The SMILES string of the molecule is CS(=O)(=O)N(Cc1ccccc1)c1cccc([C@@H](O)CNCCOc2ccc3c4ccc(C(F)(F)F)cc4n(Cc4ccccc4)c3c2)c1. The number of aromatic nitrogens is 1. The first-order valence-corrected chi connectivity index (χ1v) is 17.6. The Kier molecular flexibility index (Phi) is 9.96. The van der Waals surface area contributed by atoms with Crippen LogP contribution in [0.2, 0.25) is 0 Å². The summed E-state index contributed by atoms with van der Waals surface area (Å²) < 4.78 is 75.4. The van der Waals surface area contributed by atoms with E-state index in [-0.39, 0.29) is 19.7 Å². The Morgan fingerprint density at radius 2 is 1.47 bits per heavy atom. The lowest BCUT2D eigenvalue weighted by molar-refractivity contribution is -0.137. The number of sulfonamides is 1. The quantitative estimate of drug-likeness (QED) is 0.123. The van der Waals surface area contributed by atoms with Crippen LogP contribution in [0.3, 0.4) is 0 Å². The third-order valence-electron chi connectivity index (χ3n) is 8.35. The number of fused-ring (bicyclic) bond motifs is 3. The maximum Gasteiger partial charge on any atom is 0.416 e. The van der Waals surface area contributed by atoms with Crippen LogP contribution in [0.25, 0.3) is 21.8 Å². The summed E-state index contributed by atoms with van der Waals surface area (Å²) in [4.78, 5) is 0. The van der Waals surface area contributed by atoms with Gasteiger partial charge in [-0.2, -0.15) is 13.2 Å². The van der Waals surface area contributed by atoms with E-state index in [1.807, 2.05) is 77.4 Å². The Hall–Kier alpha value is -4.84. The van der Waals surface area contributed by atoms with Gasteiger partial charge in [0.2, 0.25) is 10.0 Å². The van der Waals surface area contributed by atoms with Gasteiger partial charge in [0.15, 0.2) is 0 Å². The highest BCUT2D eigenvalue weighted by Gasteiger charge is 2.31. The molecule has 0 fully saturated rings. The number of alkyl halides is 3. The zero-order chi connectivity index (χ0) is 34.6. The van der Waals surface area contributed by atoms with Gasteiger partial charge in [0.25, 0.3) is 0 Å². The molecular weight excluding hydrogens is 651 g/mol. The number of hydrogen-bond acceptors (Lipinski definition) is 5. The van der Waals surface area contributed by atoms with Gasteiger partial charge in [-0.15, -0.1) is 0 Å². The van der Waals surface area contributed by atoms with Crippen LogP contribution in [-0.4, -0.2) is 44.0 Å². The van der Waals surface area contributed by atoms with Crippen molar-refractivity contribution in [3.05, 3.63) is 144 Å². The second kappa shape index (κ2) is 14.3. The molecule has 5 aromatic carbocycles. The molecule has 0 spiro atoms. The molecular formula is C38H36F3N3O4S. The lowest BCUT2D eigenvalue weighted by Gasteiger charge is -2.24. The van der Waals surface area contributed by atoms with Crippen molar-refractivity contribution < 1.29 is 31.4 Å². The Balaban J connectivity index is 1.12. The summed E-state index contributed by atoms with van der Waals surface area (Å²) in [6.45, 7) is 1.44. The topological polar surface area (TPSA) is 83.8 Å². The number of hydrogen-bond donors (Lipinski definition) is 2. The molecule has 0 unspecified atom stereocenters. The van der Waals surface area contributed by atoms with Crippen molar-refractivity contribution >= 4 is 37.5 Å². The second-order valence-electron chi connectivity index (χ2n) is 11.9. The van der Waals surface area contributed by atoms with Gasteiger partial charge in [-0.25, -0.2) is 8.42 Å². The normalized spacial score (nSPS) is 12.8. The number of aliphatic hydroxyl groups is 1. The van der Waals surface area contributed by atoms with Crippen molar-refractivity contribution in [3.8, 4) is 5.75 Å². The zero-order valence-electron chi connectivity index (χ0n) is 26.8. The van der Waals surface area contributed by atoms with Gasteiger partial charge in [0, 0.05) is 36.5 Å². The van der Waals surface area contributed by atoms with Crippen molar-refractivity contribution in [3.63, 3.8) is 0 Å². The minimum absolute atomic E-state index is 0.169. The minimum Gasteiger partial charge on any atom is -0.492 e. The Morgan fingerprint density at radius 1 is 0.816 bits per heavy atom. The molecule has 11 heteroatoms. The standard InChI is InChI=1S/C38H36F3N3O4S/c1-49(46,47)44(26-28-11-6-3-7-12-28)31-14-8-13-29(21-31)37(45)24-42-19-20-48-32-16-18-34-33-17-15-30(38(39,40)41)22-35(33)43(36(34)23-32)25-27-9-4-2-5-10-27/h2-18,21-23,37,42,45H,19-20,24-26H2,1H3/t37-/m0/s1. The molecule has 0 aliphatic rings. The fraction of sp³-hybridized carbons (Fsp3) is 0.211. The average Bonchev–Trinajstić information content (AvgIpc) is 3.39. The van der Waals surface area contributed by atoms with Crippen LogP contribution < -0.4 is 14.4 Å². The molecule has 2 N–H and O–H groups in total. The average molecular weight is 688 g/mol. The number of nitrogens with one attached hydrogen (secondary N) is 1. The van der Waals surface area contributed by atoms with E-state index in [0.29, 0.717) is 35.6 Å². The summed E-state index contributed by atoms with van der Waals surface area (Å²) in [5.41, 5.74) is 3.37. The molecule has 254 valence electrons. The van der Waals surface area contributed by atoms with E-state index < -0.39 is 27.9 Å². The summed E-state index contributed by atoms with van der Waals surface area (Å²) >= 11 is 0. The molecule has 1 aromatic heterocycles. The van der Waals surface area contributed by atoms with Crippen LogP contribution in [0, 0.1) is 0 Å². The molecule has 6 aromatic rings. The molecule has 7 nitrogen and oxygen atoms in total. The van der Waals surface area contributed by atoms with E-state index in [1.165, 1.54) is 16.4 Å². The van der Waals surface area contributed by atoms with Crippen molar-refractivity contribution in [2.45, 2.75) is 25.4 Å². The highest BCUT2D eigenvalue weighted by molar-refractivity contribution is 7.92. The number of halogens is 3. The fourth-order valence-electron chi connectivity index (χ4n) is 5.91. The van der Waals surface area contributed by atoms with E-state index >= 15 is 0 Å².